The summed E-state index contributed by atoms with van der Waals surface area (Å²) in [5.41, 5.74) is 4.22. The molecule has 0 unspecified atom stereocenters. The molecule has 0 amide bonds. The largest absolute Gasteiger partial charge is 0.449 e. The van der Waals surface area contributed by atoms with Gasteiger partial charge in [0.25, 0.3) is 0 Å². The number of hydrogen-bond acceptors (Lipinski definition) is 2. The molecule has 0 N–H and O–H groups in total. The number of fused-ring (bicyclic) bond motifs is 2. The monoisotopic (exact) mass is 368 g/mol. The van der Waals surface area contributed by atoms with Crippen molar-refractivity contribution in [2.45, 2.75) is 12.5 Å². The summed E-state index contributed by atoms with van der Waals surface area (Å²) in [6.07, 6.45) is 0.0967. The molecule has 0 atom stereocenters. The van der Waals surface area contributed by atoms with Crippen molar-refractivity contribution in [1.82, 2.24) is 0 Å². The number of carbonyl (C=O) groups is 1. The van der Waals surface area contributed by atoms with Gasteiger partial charge in [-0.25, -0.2) is 4.79 Å². The number of halogens is 2. The molecule has 3 aromatic carbocycles. The third kappa shape index (κ3) is 2.92. The van der Waals surface area contributed by atoms with E-state index in [2.05, 4.69) is 0 Å². The van der Waals surface area contributed by atoms with Crippen LogP contribution in [0, 0.1) is 0 Å². The molecule has 1 aliphatic rings. The maximum Gasteiger partial charge on any atom is 0.339 e. The topological polar surface area (TPSA) is 26.3 Å². The molecule has 0 aromatic heterocycles. The fourth-order valence-electron chi connectivity index (χ4n) is 3.28. The molecule has 0 saturated carbocycles. The van der Waals surface area contributed by atoms with Gasteiger partial charge in [0.15, 0.2) is 6.10 Å². The highest BCUT2D eigenvalue weighted by atomic mass is 35.5. The van der Waals surface area contributed by atoms with E-state index >= 15 is 0 Å². The van der Waals surface area contributed by atoms with Crippen molar-refractivity contribution in [3.8, 4) is 0 Å². The van der Waals surface area contributed by atoms with Gasteiger partial charge in [-0.1, -0.05) is 65.7 Å². The predicted molar refractivity (Wildman–Crippen MR) is 99.4 cm³/mol. The molecule has 0 heterocycles. The molecule has 4 heteroatoms. The van der Waals surface area contributed by atoms with E-state index < -0.39 is 12.1 Å². The van der Waals surface area contributed by atoms with Crippen molar-refractivity contribution in [3.05, 3.63) is 105 Å². The zero-order valence-electron chi connectivity index (χ0n) is 13.2. The van der Waals surface area contributed by atoms with Crippen LogP contribution in [-0.2, 0) is 11.2 Å². The Bertz CT molecular complexity index is 900. The minimum atomic E-state index is -0.617. The Kier molecular flexibility index (Phi) is 4.24. The fraction of sp³-hybridized carbons (Fsp3) is 0.0952. The Morgan fingerprint density at radius 1 is 0.800 bits per heavy atom. The van der Waals surface area contributed by atoms with Crippen molar-refractivity contribution in [2.24, 2.45) is 0 Å². The van der Waals surface area contributed by atoms with Crippen LogP contribution < -0.4 is 0 Å². The molecular formula is C21H14Cl2O2. The van der Waals surface area contributed by atoms with Crippen molar-refractivity contribution in [1.29, 1.82) is 0 Å². The first-order valence-corrected chi connectivity index (χ1v) is 8.71. The van der Waals surface area contributed by atoms with Crippen LogP contribution >= 0.6 is 23.2 Å². The van der Waals surface area contributed by atoms with Crippen molar-refractivity contribution in [2.75, 3.05) is 0 Å². The summed E-state index contributed by atoms with van der Waals surface area (Å²) in [6.45, 7) is 0. The van der Waals surface area contributed by atoms with Gasteiger partial charge in [-0.3, -0.25) is 0 Å². The van der Waals surface area contributed by atoms with Gasteiger partial charge < -0.3 is 4.74 Å². The normalized spacial score (nSPS) is 13.0. The van der Waals surface area contributed by atoms with Gasteiger partial charge in [-0.2, -0.15) is 0 Å². The molecule has 3 aromatic rings. The van der Waals surface area contributed by atoms with Gasteiger partial charge in [0.05, 0.1) is 5.56 Å². The smallest absolute Gasteiger partial charge is 0.339 e. The van der Waals surface area contributed by atoms with Crippen LogP contribution in [0.1, 0.15) is 38.7 Å². The maximum atomic E-state index is 12.6. The summed E-state index contributed by atoms with van der Waals surface area (Å²) in [5, 5.41) is 1.16. The highest BCUT2D eigenvalue weighted by molar-refractivity contribution is 6.32. The summed E-state index contributed by atoms with van der Waals surface area (Å²) in [5.74, 6) is -0.399. The molecule has 25 heavy (non-hydrogen) atoms. The molecular weight excluding hydrogens is 355 g/mol. The standard InChI is InChI=1S/C21H14Cl2O2/c22-16-10-4-8-14-12-15-9-5-11-17(23)19(15)20(18(14)16)25-21(24)13-6-2-1-3-7-13/h1-11,20H,12H2. The first-order valence-electron chi connectivity index (χ1n) is 7.96. The first-order chi connectivity index (χ1) is 12.1. The van der Waals surface area contributed by atoms with E-state index in [9.17, 15) is 4.79 Å². The zero-order chi connectivity index (χ0) is 17.4. The average molecular weight is 369 g/mol. The van der Waals surface area contributed by atoms with E-state index in [0.717, 1.165) is 22.3 Å². The third-order valence-electron chi connectivity index (χ3n) is 4.43. The van der Waals surface area contributed by atoms with E-state index in [-0.39, 0.29) is 0 Å². The summed E-state index contributed by atoms with van der Waals surface area (Å²) >= 11 is 12.9. The van der Waals surface area contributed by atoms with Gasteiger partial charge in [-0.15, -0.1) is 0 Å². The molecule has 1 aliphatic carbocycles. The zero-order valence-corrected chi connectivity index (χ0v) is 14.7. The van der Waals surface area contributed by atoms with Crippen molar-refractivity contribution >= 4 is 29.2 Å². The van der Waals surface area contributed by atoms with Gasteiger partial charge in [0.2, 0.25) is 0 Å². The number of rotatable bonds is 2. The van der Waals surface area contributed by atoms with Gasteiger partial charge in [0, 0.05) is 21.2 Å². The minimum Gasteiger partial charge on any atom is -0.449 e. The number of ether oxygens (including phenoxy) is 1. The minimum absolute atomic E-state index is 0.399. The lowest BCUT2D eigenvalue weighted by atomic mass is 9.83. The highest BCUT2D eigenvalue weighted by Crippen LogP contribution is 2.44. The molecule has 2 nitrogen and oxygen atoms in total. The highest BCUT2D eigenvalue weighted by Gasteiger charge is 2.32. The van der Waals surface area contributed by atoms with Crippen LogP contribution in [0.4, 0.5) is 0 Å². The second-order valence-electron chi connectivity index (χ2n) is 5.95. The molecule has 0 spiro atoms. The Balaban J connectivity index is 1.83. The SMILES string of the molecule is O=C(OC1c2c(Cl)cccc2Cc2cccc(Cl)c21)c1ccccc1. The Morgan fingerprint density at radius 3 is 1.92 bits per heavy atom. The van der Waals surface area contributed by atoms with E-state index in [4.69, 9.17) is 27.9 Å². The Labute approximate surface area is 156 Å². The van der Waals surface area contributed by atoms with E-state index in [1.54, 1.807) is 24.3 Å². The van der Waals surface area contributed by atoms with Gasteiger partial charge in [-0.05, 0) is 41.8 Å². The lowest BCUT2D eigenvalue weighted by Crippen LogP contribution is -2.20. The Hall–Kier alpha value is -2.29. The number of esters is 1. The van der Waals surface area contributed by atoms with Crippen LogP contribution in [0.25, 0.3) is 0 Å². The lowest BCUT2D eigenvalue weighted by molar-refractivity contribution is 0.0372. The summed E-state index contributed by atoms with van der Waals surface area (Å²) in [4.78, 5) is 12.6. The molecule has 124 valence electrons. The fourth-order valence-corrected chi connectivity index (χ4v) is 3.86. The lowest BCUT2D eigenvalue weighted by Gasteiger charge is -2.29. The summed E-state index contributed by atoms with van der Waals surface area (Å²) in [6, 6.07) is 20.4. The third-order valence-corrected chi connectivity index (χ3v) is 5.09. The quantitative estimate of drug-likeness (QED) is 0.530. The molecule has 0 radical (unpaired) electrons. The Morgan fingerprint density at radius 2 is 1.36 bits per heavy atom. The maximum absolute atomic E-state index is 12.6. The van der Waals surface area contributed by atoms with Crippen LogP contribution in [0.15, 0.2) is 66.7 Å². The molecule has 4 rings (SSSR count). The van der Waals surface area contributed by atoms with Crippen LogP contribution in [-0.4, -0.2) is 5.97 Å². The summed E-state index contributed by atoms with van der Waals surface area (Å²) in [7, 11) is 0. The summed E-state index contributed by atoms with van der Waals surface area (Å²) < 4.78 is 5.88. The van der Waals surface area contributed by atoms with Crippen LogP contribution in [0.2, 0.25) is 10.0 Å². The van der Waals surface area contributed by atoms with Gasteiger partial charge >= 0.3 is 5.97 Å². The number of carbonyl (C=O) groups excluding carboxylic acids is 1. The average Bonchev–Trinajstić information content (AvgIpc) is 2.62. The number of hydrogen-bond donors (Lipinski definition) is 0. The molecule has 0 fully saturated rings. The second kappa shape index (κ2) is 6.55. The van der Waals surface area contributed by atoms with E-state index in [1.807, 2.05) is 42.5 Å². The number of benzene rings is 3. The molecule has 0 aliphatic heterocycles. The first kappa shape index (κ1) is 16.2. The van der Waals surface area contributed by atoms with E-state index in [1.165, 1.54) is 0 Å². The second-order valence-corrected chi connectivity index (χ2v) is 6.77. The van der Waals surface area contributed by atoms with Crippen LogP contribution in [0.5, 0.6) is 0 Å². The predicted octanol–water partition coefficient (Wildman–Crippen LogP) is 5.84. The van der Waals surface area contributed by atoms with Crippen molar-refractivity contribution in [3.63, 3.8) is 0 Å². The van der Waals surface area contributed by atoms with E-state index in [0.29, 0.717) is 22.0 Å². The van der Waals surface area contributed by atoms with Crippen LogP contribution in [0.3, 0.4) is 0 Å². The molecule has 0 bridgehead atoms. The van der Waals surface area contributed by atoms with Crippen molar-refractivity contribution < 1.29 is 9.53 Å². The molecule has 0 saturated heterocycles. The van der Waals surface area contributed by atoms with Gasteiger partial charge in [0.1, 0.15) is 0 Å².